The van der Waals surface area contributed by atoms with Crippen molar-refractivity contribution in [2.75, 3.05) is 23.7 Å². The largest absolute Gasteiger partial charge is 0.384 e. The van der Waals surface area contributed by atoms with Crippen LogP contribution >= 0.6 is 0 Å². The van der Waals surface area contributed by atoms with Crippen LogP contribution in [0.4, 0.5) is 11.4 Å². The minimum Gasteiger partial charge on any atom is -0.384 e. The Kier molecular flexibility index (Phi) is 5.58. The summed E-state index contributed by atoms with van der Waals surface area (Å²) in [6, 6.07) is 17.1. The third kappa shape index (κ3) is 5.59. The van der Waals surface area contributed by atoms with Crippen molar-refractivity contribution in [2.45, 2.75) is 41.5 Å². The van der Waals surface area contributed by atoms with Crippen molar-refractivity contribution in [3.05, 3.63) is 48.5 Å². The highest BCUT2D eigenvalue weighted by Gasteiger charge is 2.14. The van der Waals surface area contributed by atoms with Gasteiger partial charge in [0.15, 0.2) is 0 Å². The summed E-state index contributed by atoms with van der Waals surface area (Å²) in [5.41, 5.74) is 5.38. The number of nitrogens with one attached hydrogen (secondary N) is 2. The molecule has 2 aromatic rings. The molecule has 2 aromatic carbocycles. The van der Waals surface area contributed by atoms with Gasteiger partial charge in [0.1, 0.15) is 0 Å². The van der Waals surface area contributed by atoms with Crippen LogP contribution in [0.5, 0.6) is 0 Å². The molecule has 0 radical (unpaired) electrons. The first kappa shape index (κ1) is 18.4. The number of rotatable bonds is 5. The van der Waals surface area contributed by atoms with Crippen LogP contribution in [0.15, 0.2) is 48.5 Å². The summed E-state index contributed by atoms with van der Waals surface area (Å²) in [6.45, 7) is 15.4. The van der Waals surface area contributed by atoms with Gasteiger partial charge in [0.05, 0.1) is 0 Å². The average Bonchev–Trinajstić information content (AvgIpc) is 2.50. The van der Waals surface area contributed by atoms with Crippen molar-refractivity contribution in [3.63, 3.8) is 0 Å². The maximum absolute atomic E-state index is 3.62. The molecular formula is C22H32N2. The number of para-hydroxylation sites is 2. The summed E-state index contributed by atoms with van der Waals surface area (Å²) in [4.78, 5) is 0. The van der Waals surface area contributed by atoms with E-state index in [1.165, 1.54) is 22.5 Å². The molecular weight excluding hydrogens is 292 g/mol. The lowest BCUT2D eigenvalue weighted by Gasteiger charge is -2.23. The predicted molar refractivity (Wildman–Crippen MR) is 108 cm³/mol. The summed E-state index contributed by atoms with van der Waals surface area (Å²) in [5, 5.41) is 7.25. The van der Waals surface area contributed by atoms with E-state index in [-0.39, 0.29) is 10.8 Å². The molecule has 2 heteroatoms. The van der Waals surface area contributed by atoms with Crippen LogP contribution in [-0.4, -0.2) is 13.1 Å². The van der Waals surface area contributed by atoms with Crippen molar-refractivity contribution in [1.82, 2.24) is 0 Å². The van der Waals surface area contributed by atoms with Gasteiger partial charge in [-0.25, -0.2) is 0 Å². The molecule has 0 heterocycles. The Balaban J connectivity index is 2.32. The summed E-state index contributed by atoms with van der Waals surface area (Å²) >= 11 is 0. The monoisotopic (exact) mass is 324 g/mol. The first-order valence-electron chi connectivity index (χ1n) is 8.82. The lowest BCUT2D eigenvalue weighted by molar-refractivity contribution is 0.442. The van der Waals surface area contributed by atoms with Crippen LogP contribution in [-0.2, 0) is 0 Å². The Morgan fingerprint density at radius 3 is 1.25 bits per heavy atom. The van der Waals surface area contributed by atoms with Gasteiger partial charge in [-0.15, -0.1) is 0 Å². The molecule has 2 rings (SSSR count). The van der Waals surface area contributed by atoms with Gasteiger partial charge in [-0.1, -0.05) is 77.9 Å². The highest BCUT2D eigenvalue weighted by atomic mass is 14.9. The molecule has 2 N–H and O–H groups in total. The third-order valence-corrected chi connectivity index (χ3v) is 3.76. The minimum atomic E-state index is 0.247. The second kappa shape index (κ2) is 7.29. The normalized spacial score (nSPS) is 12.1. The molecule has 130 valence electrons. The first-order valence-corrected chi connectivity index (χ1v) is 8.82. The first-order chi connectivity index (χ1) is 11.2. The molecule has 0 saturated carbocycles. The van der Waals surface area contributed by atoms with Crippen molar-refractivity contribution in [1.29, 1.82) is 0 Å². The zero-order chi connectivity index (χ0) is 17.8. The molecule has 0 bridgehead atoms. The van der Waals surface area contributed by atoms with Crippen molar-refractivity contribution < 1.29 is 0 Å². The highest BCUT2D eigenvalue weighted by Crippen LogP contribution is 2.34. The molecule has 0 aliphatic heterocycles. The van der Waals surface area contributed by atoms with Crippen LogP contribution < -0.4 is 10.6 Å². The number of anilines is 2. The lowest BCUT2D eigenvalue weighted by Crippen LogP contribution is -2.20. The second-order valence-electron chi connectivity index (χ2n) is 8.92. The fraction of sp³-hybridized carbons (Fsp3) is 0.455. The van der Waals surface area contributed by atoms with E-state index < -0.39 is 0 Å². The van der Waals surface area contributed by atoms with Gasteiger partial charge in [-0.05, 0) is 23.0 Å². The number of hydrogen-bond acceptors (Lipinski definition) is 2. The molecule has 0 spiro atoms. The van der Waals surface area contributed by atoms with Gasteiger partial charge in [0, 0.05) is 35.6 Å². The van der Waals surface area contributed by atoms with Crippen molar-refractivity contribution in [3.8, 4) is 11.1 Å². The van der Waals surface area contributed by atoms with Gasteiger partial charge in [-0.2, -0.15) is 0 Å². The molecule has 0 fully saturated rings. The van der Waals surface area contributed by atoms with Crippen LogP contribution in [0, 0.1) is 10.8 Å². The Labute approximate surface area is 147 Å². The van der Waals surface area contributed by atoms with E-state index >= 15 is 0 Å². The average molecular weight is 325 g/mol. The molecule has 0 unspecified atom stereocenters. The Hall–Kier alpha value is -1.96. The second-order valence-corrected chi connectivity index (χ2v) is 8.92. The van der Waals surface area contributed by atoms with Gasteiger partial charge >= 0.3 is 0 Å². The summed E-state index contributed by atoms with van der Waals surface area (Å²) in [6.07, 6.45) is 0. The fourth-order valence-electron chi connectivity index (χ4n) is 2.47. The summed E-state index contributed by atoms with van der Waals surface area (Å²) in [5.74, 6) is 0. The van der Waals surface area contributed by atoms with E-state index in [2.05, 4.69) is 101 Å². The minimum absolute atomic E-state index is 0.247. The maximum Gasteiger partial charge on any atom is 0.0420 e. The maximum atomic E-state index is 3.62. The predicted octanol–water partition coefficient (Wildman–Crippen LogP) is 6.27. The molecule has 0 aliphatic carbocycles. The van der Waals surface area contributed by atoms with Crippen LogP contribution in [0.25, 0.3) is 11.1 Å². The highest BCUT2D eigenvalue weighted by molar-refractivity contribution is 5.86. The molecule has 0 aliphatic rings. The topological polar surface area (TPSA) is 24.1 Å². The zero-order valence-corrected chi connectivity index (χ0v) is 16.0. The smallest absolute Gasteiger partial charge is 0.0420 e. The van der Waals surface area contributed by atoms with Crippen molar-refractivity contribution in [2.24, 2.45) is 10.8 Å². The molecule has 24 heavy (non-hydrogen) atoms. The zero-order valence-electron chi connectivity index (χ0n) is 16.0. The van der Waals surface area contributed by atoms with Gasteiger partial charge in [-0.3, -0.25) is 0 Å². The van der Waals surface area contributed by atoms with Crippen LogP contribution in [0.1, 0.15) is 41.5 Å². The number of hydrogen-bond donors (Lipinski definition) is 2. The summed E-state index contributed by atoms with van der Waals surface area (Å²) in [7, 11) is 0. The summed E-state index contributed by atoms with van der Waals surface area (Å²) < 4.78 is 0. The Morgan fingerprint density at radius 1 is 0.583 bits per heavy atom. The van der Waals surface area contributed by atoms with E-state index in [4.69, 9.17) is 0 Å². The van der Waals surface area contributed by atoms with E-state index in [1.54, 1.807) is 0 Å². The molecule has 0 saturated heterocycles. The molecule has 0 amide bonds. The SMILES string of the molecule is CC(C)(C)CNc1ccccc1-c1ccccc1NCC(C)(C)C. The van der Waals surface area contributed by atoms with Crippen LogP contribution in [0.3, 0.4) is 0 Å². The lowest BCUT2D eigenvalue weighted by atomic mass is 9.95. The van der Waals surface area contributed by atoms with Crippen molar-refractivity contribution >= 4 is 11.4 Å². The number of benzene rings is 2. The third-order valence-electron chi connectivity index (χ3n) is 3.76. The molecule has 0 atom stereocenters. The Morgan fingerprint density at radius 2 is 0.917 bits per heavy atom. The van der Waals surface area contributed by atoms with E-state index in [0.717, 1.165) is 13.1 Å². The Bertz CT molecular complexity index is 601. The van der Waals surface area contributed by atoms with Gasteiger partial charge < -0.3 is 10.6 Å². The van der Waals surface area contributed by atoms with E-state index in [1.807, 2.05) is 0 Å². The molecule has 2 nitrogen and oxygen atoms in total. The van der Waals surface area contributed by atoms with Gasteiger partial charge in [0.25, 0.3) is 0 Å². The van der Waals surface area contributed by atoms with Gasteiger partial charge in [0.2, 0.25) is 0 Å². The standard InChI is InChI=1S/C22H32N2/c1-21(2,3)15-23-19-13-9-7-11-17(19)18-12-8-10-14-20(18)24-16-22(4,5)6/h7-14,23-24H,15-16H2,1-6H3. The molecule has 0 aromatic heterocycles. The van der Waals surface area contributed by atoms with Crippen LogP contribution in [0.2, 0.25) is 0 Å². The fourth-order valence-corrected chi connectivity index (χ4v) is 2.47. The van der Waals surface area contributed by atoms with E-state index in [0.29, 0.717) is 0 Å². The quantitative estimate of drug-likeness (QED) is 0.677. The van der Waals surface area contributed by atoms with E-state index in [9.17, 15) is 0 Å².